The molecule has 19 heavy (non-hydrogen) atoms. The molecular weight excluding hydrogens is 263 g/mol. The highest BCUT2D eigenvalue weighted by molar-refractivity contribution is 7.48. The highest BCUT2D eigenvalue weighted by Crippen LogP contribution is 2.57. The number of rotatable bonds is 3. The Balaban J connectivity index is 2.10. The summed E-state index contributed by atoms with van der Waals surface area (Å²) < 4.78 is 28.4. The highest BCUT2D eigenvalue weighted by atomic mass is 31.2. The molecule has 0 amide bonds. The third-order valence-corrected chi connectivity index (χ3v) is 4.07. The van der Waals surface area contributed by atoms with Gasteiger partial charge in [-0.25, -0.2) is 4.57 Å². The second-order valence-corrected chi connectivity index (χ2v) is 6.86. The Morgan fingerprint density at radius 1 is 1.26 bits per heavy atom. The van der Waals surface area contributed by atoms with E-state index in [1.165, 1.54) is 0 Å². The fourth-order valence-corrected chi connectivity index (χ4v) is 3.28. The second kappa shape index (κ2) is 5.49. The standard InChI is InChI=1S/C14H19O4P/c1-4-13(12-8-6-5-7-9-12)18-19(15)16-10-14(2,3)11-17-19/h4-9H,10-11H2,1-3H3/b13-4+. The fourth-order valence-electron chi connectivity index (χ4n) is 1.63. The zero-order chi connectivity index (χ0) is 13.9. The summed E-state index contributed by atoms with van der Waals surface area (Å²) in [7, 11) is -3.50. The van der Waals surface area contributed by atoms with Gasteiger partial charge < -0.3 is 4.52 Å². The van der Waals surface area contributed by atoms with Gasteiger partial charge in [0.2, 0.25) is 0 Å². The van der Waals surface area contributed by atoms with Crippen LogP contribution in [0.3, 0.4) is 0 Å². The van der Waals surface area contributed by atoms with E-state index in [0.717, 1.165) is 5.56 Å². The summed E-state index contributed by atoms with van der Waals surface area (Å²) in [5, 5.41) is 0. The Morgan fingerprint density at radius 3 is 2.37 bits per heavy atom. The minimum absolute atomic E-state index is 0.139. The average Bonchev–Trinajstić information content (AvgIpc) is 2.41. The van der Waals surface area contributed by atoms with Crippen molar-refractivity contribution in [2.24, 2.45) is 5.41 Å². The number of hydrogen-bond donors (Lipinski definition) is 0. The molecular formula is C14H19O4P. The number of hydrogen-bond acceptors (Lipinski definition) is 4. The van der Waals surface area contributed by atoms with Gasteiger partial charge in [0.25, 0.3) is 0 Å². The zero-order valence-electron chi connectivity index (χ0n) is 11.5. The van der Waals surface area contributed by atoms with Gasteiger partial charge in [0.15, 0.2) is 0 Å². The lowest BCUT2D eigenvalue weighted by molar-refractivity contribution is 0.0147. The predicted molar refractivity (Wildman–Crippen MR) is 74.5 cm³/mol. The van der Waals surface area contributed by atoms with Crippen LogP contribution in [0.5, 0.6) is 0 Å². The summed E-state index contributed by atoms with van der Waals surface area (Å²) in [6.45, 7) is 6.52. The Labute approximate surface area is 114 Å². The zero-order valence-corrected chi connectivity index (χ0v) is 12.4. The SMILES string of the molecule is C/C=C(/OP1(=O)OCC(C)(C)CO1)c1ccccc1. The van der Waals surface area contributed by atoms with Crippen LogP contribution >= 0.6 is 7.82 Å². The maximum atomic E-state index is 12.4. The quantitative estimate of drug-likeness (QED) is 0.614. The van der Waals surface area contributed by atoms with Crippen molar-refractivity contribution in [3.05, 3.63) is 42.0 Å². The minimum Gasteiger partial charge on any atom is -0.404 e. The van der Waals surface area contributed by atoms with Crippen LogP contribution in [-0.2, 0) is 18.1 Å². The Kier molecular flexibility index (Phi) is 4.14. The molecule has 0 aromatic heterocycles. The lowest BCUT2D eigenvalue weighted by Crippen LogP contribution is -2.29. The van der Waals surface area contributed by atoms with Crippen molar-refractivity contribution in [2.75, 3.05) is 13.2 Å². The topological polar surface area (TPSA) is 44.8 Å². The summed E-state index contributed by atoms with van der Waals surface area (Å²) in [4.78, 5) is 0. The van der Waals surface area contributed by atoms with Gasteiger partial charge in [-0.1, -0.05) is 44.2 Å². The molecule has 2 rings (SSSR count). The Hall–Kier alpha value is -1.09. The van der Waals surface area contributed by atoms with Crippen LogP contribution in [0.1, 0.15) is 26.3 Å². The van der Waals surface area contributed by atoms with Gasteiger partial charge in [0, 0.05) is 11.0 Å². The third-order valence-electron chi connectivity index (χ3n) is 2.76. The molecule has 0 unspecified atom stereocenters. The van der Waals surface area contributed by atoms with Crippen LogP contribution < -0.4 is 0 Å². The van der Waals surface area contributed by atoms with Crippen LogP contribution in [0, 0.1) is 5.41 Å². The van der Waals surface area contributed by atoms with E-state index in [-0.39, 0.29) is 5.41 Å². The van der Waals surface area contributed by atoms with Crippen molar-refractivity contribution < 1.29 is 18.1 Å². The number of benzene rings is 1. The van der Waals surface area contributed by atoms with Crippen molar-refractivity contribution in [1.82, 2.24) is 0 Å². The van der Waals surface area contributed by atoms with Gasteiger partial charge in [-0.2, -0.15) is 0 Å². The first-order valence-corrected chi connectivity index (χ1v) is 7.71. The second-order valence-electron chi connectivity index (χ2n) is 5.27. The normalized spacial score (nSPS) is 21.9. The molecule has 0 N–H and O–H groups in total. The van der Waals surface area contributed by atoms with Crippen LogP contribution in [0.15, 0.2) is 36.4 Å². The molecule has 0 spiro atoms. The van der Waals surface area contributed by atoms with Gasteiger partial charge in [-0.15, -0.1) is 0 Å². The van der Waals surface area contributed by atoms with Crippen molar-refractivity contribution in [3.63, 3.8) is 0 Å². The largest absolute Gasteiger partial charge is 0.530 e. The fraction of sp³-hybridized carbons (Fsp3) is 0.429. The molecule has 1 saturated heterocycles. The molecule has 1 aliphatic rings. The van der Waals surface area contributed by atoms with Crippen molar-refractivity contribution in [1.29, 1.82) is 0 Å². The molecule has 0 atom stereocenters. The predicted octanol–water partition coefficient (Wildman–Crippen LogP) is 4.25. The van der Waals surface area contributed by atoms with E-state index in [9.17, 15) is 4.57 Å². The summed E-state index contributed by atoms with van der Waals surface area (Å²) in [5.74, 6) is 0.503. The molecule has 0 saturated carbocycles. The lowest BCUT2D eigenvalue weighted by atomic mass is 9.97. The molecule has 5 heteroatoms. The smallest absolute Gasteiger partial charge is 0.404 e. The number of allylic oxidation sites excluding steroid dienone is 1. The van der Waals surface area contributed by atoms with Crippen molar-refractivity contribution in [3.8, 4) is 0 Å². The van der Waals surface area contributed by atoms with Crippen LogP contribution in [-0.4, -0.2) is 13.2 Å². The van der Waals surface area contributed by atoms with Gasteiger partial charge in [0.1, 0.15) is 5.76 Å². The molecule has 104 valence electrons. The van der Waals surface area contributed by atoms with E-state index < -0.39 is 7.82 Å². The number of phosphoric acid groups is 1. The van der Waals surface area contributed by atoms with Gasteiger partial charge >= 0.3 is 7.82 Å². The molecule has 1 aromatic rings. The maximum absolute atomic E-state index is 12.4. The molecule has 1 aliphatic heterocycles. The third kappa shape index (κ3) is 3.69. The van der Waals surface area contributed by atoms with E-state index in [0.29, 0.717) is 19.0 Å². The first kappa shape index (κ1) is 14.3. The monoisotopic (exact) mass is 282 g/mol. The van der Waals surface area contributed by atoms with Gasteiger partial charge in [-0.3, -0.25) is 9.05 Å². The lowest BCUT2D eigenvalue weighted by Gasteiger charge is -2.33. The Bertz CT molecular complexity index is 493. The summed E-state index contributed by atoms with van der Waals surface area (Å²) in [6, 6.07) is 9.47. The van der Waals surface area contributed by atoms with E-state index in [1.807, 2.05) is 51.1 Å². The average molecular weight is 282 g/mol. The molecule has 4 nitrogen and oxygen atoms in total. The number of phosphoric ester groups is 1. The van der Waals surface area contributed by atoms with Crippen LogP contribution in [0.25, 0.3) is 5.76 Å². The van der Waals surface area contributed by atoms with E-state index in [1.54, 1.807) is 6.08 Å². The van der Waals surface area contributed by atoms with Gasteiger partial charge in [-0.05, 0) is 13.0 Å². The van der Waals surface area contributed by atoms with Crippen molar-refractivity contribution in [2.45, 2.75) is 20.8 Å². The van der Waals surface area contributed by atoms with Crippen LogP contribution in [0.2, 0.25) is 0 Å². The molecule has 1 aromatic carbocycles. The maximum Gasteiger partial charge on any atom is 0.530 e. The van der Waals surface area contributed by atoms with Crippen molar-refractivity contribution >= 4 is 13.6 Å². The molecule has 1 heterocycles. The summed E-state index contributed by atoms with van der Waals surface area (Å²) >= 11 is 0. The van der Waals surface area contributed by atoms with E-state index >= 15 is 0 Å². The van der Waals surface area contributed by atoms with E-state index in [4.69, 9.17) is 13.6 Å². The summed E-state index contributed by atoms with van der Waals surface area (Å²) in [5.41, 5.74) is 0.706. The molecule has 1 fully saturated rings. The molecule has 0 bridgehead atoms. The first-order chi connectivity index (χ1) is 8.94. The molecule has 0 radical (unpaired) electrons. The van der Waals surface area contributed by atoms with Crippen LogP contribution in [0.4, 0.5) is 0 Å². The highest BCUT2D eigenvalue weighted by Gasteiger charge is 2.39. The van der Waals surface area contributed by atoms with E-state index in [2.05, 4.69) is 0 Å². The minimum atomic E-state index is -3.50. The summed E-state index contributed by atoms with van der Waals surface area (Å²) in [6.07, 6.45) is 1.75. The van der Waals surface area contributed by atoms with Gasteiger partial charge in [0.05, 0.1) is 13.2 Å². The molecule has 0 aliphatic carbocycles. The Morgan fingerprint density at radius 2 is 1.84 bits per heavy atom. The first-order valence-electron chi connectivity index (χ1n) is 6.25.